The number of benzene rings is 1. The van der Waals surface area contributed by atoms with Gasteiger partial charge in [0.1, 0.15) is 16.6 Å². The minimum absolute atomic E-state index is 0.175. The van der Waals surface area contributed by atoms with Crippen molar-refractivity contribution in [1.29, 1.82) is 0 Å². The van der Waals surface area contributed by atoms with Crippen LogP contribution >= 0.6 is 11.8 Å². The van der Waals surface area contributed by atoms with Crippen LogP contribution in [0.3, 0.4) is 0 Å². The number of ether oxygens (including phenoxy) is 1. The van der Waals surface area contributed by atoms with Gasteiger partial charge in [-0.05, 0) is 30.5 Å². The fourth-order valence-corrected chi connectivity index (χ4v) is 3.12. The van der Waals surface area contributed by atoms with Crippen molar-refractivity contribution in [3.8, 4) is 23.0 Å². The monoisotopic (exact) mass is 394 g/mol. The Balaban J connectivity index is 2.22. The second-order valence-electron chi connectivity index (χ2n) is 7.19. The largest absolute Gasteiger partial charge is 0.497 e. The van der Waals surface area contributed by atoms with Crippen LogP contribution in [-0.4, -0.2) is 33.1 Å². The zero-order valence-electron chi connectivity index (χ0n) is 16.5. The molecular formula is C20H22N6OS. The molecule has 0 fully saturated rings. The molecule has 0 aliphatic carbocycles. The molecule has 8 heteroatoms. The van der Waals surface area contributed by atoms with E-state index in [1.54, 1.807) is 7.11 Å². The van der Waals surface area contributed by atoms with Crippen molar-refractivity contribution in [1.82, 2.24) is 19.7 Å². The Labute approximate surface area is 168 Å². The summed E-state index contributed by atoms with van der Waals surface area (Å²) in [5, 5.41) is 5.21. The number of rotatable bonds is 4. The first-order valence-corrected chi connectivity index (χ1v) is 9.85. The summed E-state index contributed by atoms with van der Waals surface area (Å²) in [5.74, 6) is 2.06. The van der Waals surface area contributed by atoms with Crippen LogP contribution in [0, 0.1) is 6.57 Å². The summed E-state index contributed by atoms with van der Waals surface area (Å²) in [5.41, 5.74) is 8.03. The topological polar surface area (TPSA) is 83.2 Å². The van der Waals surface area contributed by atoms with E-state index in [4.69, 9.17) is 17.0 Å². The molecule has 0 aliphatic rings. The summed E-state index contributed by atoms with van der Waals surface area (Å²) in [7, 11) is 1.62. The van der Waals surface area contributed by atoms with Crippen LogP contribution < -0.4 is 10.5 Å². The van der Waals surface area contributed by atoms with Crippen molar-refractivity contribution in [3.05, 3.63) is 47.4 Å². The molecule has 2 heterocycles. The molecule has 0 saturated carbocycles. The van der Waals surface area contributed by atoms with Gasteiger partial charge in [0, 0.05) is 17.0 Å². The summed E-state index contributed by atoms with van der Waals surface area (Å²) in [6.45, 7) is 13.8. The Kier molecular flexibility index (Phi) is 5.29. The number of anilines is 1. The van der Waals surface area contributed by atoms with E-state index >= 15 is 0 Å². The van der Waals surface area contributed by atoms with Crippen molar-refractivity contribution in [2.75, 3.05) is 19.1 Å². The highest BCUT2D eigenvalue weighted by molar-refractivity contribution is 7.98. The van der Waals surface area contributed by atoms with E-state index in [2.05, 4.69) is 40.7 Å². The molecule has 1 aromatic carbocycles. The van der Waals surface area contributed by atoms with E-state index in [-0.39, 0.29) is 5.41 Å². The molecule has 2 aromatic heterocycles. The van der Waals surface area contributed by atoms with Crippen LogP contribution in [0.5, 0.6) is 5.75 Å². The van der Waals surface area contributed by atoms with Gasteiger partial charge in [0.2, 0.25) is 0 Å². The second kappa shape index (κ2) is 7.52. The SMILES string of the molecule is [C-]#[N+]c1c(SC)nc(-c2ccc(OC)cc2)nc1-n1nc(C(C)(C)C)cc1N. The maximum Gasteiger partial charge on any atom is 0.262 e. The predicted octanol–water partition coefficient (Wildman–Crippen LogP) is 4.49. The van der Waals surface area contributed by atoms with Gasteiger partial charge in [-0.1, -0.05) is 20.8 Å². The molecule has 3 aromatic rings. The number of nitrogens with zero attached hydrogens (tertiary/aromatic N) is 5. The Morgan fingerprint density at radius 2 is 1.86 bits per heavy atom. The summed E-state index contributed by atoms with van der Waals surface area (Å²) in [6, 6.07) is 9.28. The number of nitrogen functional groups attached to an aromatic ring is 1. The maximum absolute atomic E-state index is 7.64. The number of nitrogens with two attached hydrogens (primary N) is 1. The van der Waals surface area contributed by atoms with Gasteiger partial charge in [0.25, 0.3) is 5.69 Å². The minimum atomic E-state index is -0.175. The molecule has 0 aliphatic heterocycles. The lowest BCUT2D eigenvalue weighted by Gasteiger charge is -2.14. The van der Waals surface area contributed by atoms with Gasteiger partial charge in [-0.15, -0.1) is 11.8 Å². The summed E-state index contributed by atoms with van der Waals surface area (Å²) >= 11 is 1.39. The standard InChI is InChI=1S/C20H22N6OS/c1-20(2,3)14-11-15(21)26(25-14)18-16(22-4)19(28-6)24-17(23-18)12-7-9-13(27-5)10-8-12/h7-11H,21H2,1-3,5-6H3. The summed E-state index contributed by atoms with van der Waals surface area (Å²) < 4.78 is 6.74. The molecule has 0 amide bonds. The van der Waals surface area contributed by atoms with Crippen molar-refractivity contribution in [2.45, 2.75) is 31.2 Å². The van der Waals surface area contributed by atoms with Crippen LogP contribution in [0.25, 0.3) is 22.1 Å². The van der Waals surface area contributed by atoms with Crippen molar-refractivity contribution in [2.24, 2.45) is 0 Å². The van der Waals surface area contributed by atoms with E-state index < -0.39 is 0 Å². The number of aromatic nitrogens is 4. The van der Waals surface area contributed by atoms with Gasteiger partial charge >= 0.3 is 0 Å². The number of methoxy groups -OCH3 is 1. The average molecular weight is 395 g/mol. The molecule has 0 unspecified atom stereocenters. The normalized spacial score (nSPS) is 11.3. The quantitative estimate of drug-likeness (QED) is 0.399. The molecule has 0 bridgehead atoms. The lowest BCUT2D eigenvalue weighted by atomic mass is 9.92. The zero-order valence-corrected chi connectivity index (χ0v) is 17.3. The Morgan fingerprint density at radius 1 is 1.18 bits per heavy atom. The number of hydrogen-bond acceptors (Lipinski definition) is 6. The smallest absolute Gasteiger partial charge is 0.262 e. The van der Waals surface area contributed by atoms with Crippen LogP contribution in [0.2, 0.25) is 0 Å². The summed E-state index contributed by atoms with van der Waals surface area (Å²) in [4.78, 5) is 12.9. The maximum atomic E-state index is 7.64. The molecule has 0 spiro atoms. The van der Waals surface area contributed by atoms with E-state index in [9.17, 15) is 0 Å². The molecule has 0 radical (unpaired) electrons. The third-order valence-electron chi connectivity index (χ3n) is 4.19. The van der Waals surface area contributed by atoms with Crippen LogP contribution in [0.4, 0.5) is 11.5 Å². The van der Waals surface area contributed by atoms with Crippen molar-refractivity contribution in [3.63, 3.8) is 0 Å². The van der Waals surface area contributed by atoms with Gasteiger partial charge in [0.15, 0.2) is 11.6 Å². The molecular weight excluding hydrogens is 372 g/mol. The Morgan fingerprint density at radius 3 is 2.36 bits per heavy atom. The Hall–Kier alpha value is -3.05. The van der Waals surface area contributed by atoms with Gasteiger partial charge in [-0.25, -0.2) is 19.5 Å². The summed E-state index contributed by atoms with van der Waals surface area (Å²) in [6.07, 6.45) is 1.88. The van der Waals surface area contributed by atoms with E-state index in [0.29, 0.717) is 28.2 Å². The fourth-order valence-electron chi connectivity index (χ4n) is 2.61. The third-order valence-corrected chi connectivity index (χ3v) is 4.86. The molecule has 0 atom stereocenters. The van der Waals surface area contributed by atoms with E-state index in [0.717, 1.165) is 17.0 Å². The van der Waals surface area contributed by atoms with Gasteiger partial charge in [-0.2, -0.15) is 5.10 Å². The first-order valence-electron chi connectivity index (χ1n) is 8.62. The first kappa shape index (κ1) is 19.7. The van der Waals surface area contributed by atoms with Gasteiger partial charge < -0.3 is 10.5 Å². The fraction of sp³-hybridized carbons (Fsp3) is 0.300. The number of hydrogen-bond donors (Lipinski definition) is 1. The predicted molar refractivity (Wildman–Crippen MR) is 112 cm³/mol. The molecule has 2 N–H and O–H groups in total. The molecule has 7 nitrogen and oxygen atoms in total. The lowest BCUT2D eigenvalue weighted by Crippen LogP contribution is -2.13. The van der Waals surface area contributed by atoms with Crippen LogP contribution in [-0.2, 0) is 5.41 Å². The average Bonchev–Trinajstić information content (AvgIpc) is 3.09. The molecule has 144 valence electrons. The van der Waals surface area contributed by atoms with Gasteiger partial charge in [0.05, 0.1) is 19.4 Å². The number of thioether (sulfide) groups is 1. The lowest BCUT2D eigenvalue weighted by molar-refractivity contribution is 0.415. The highest BCUT2D eigenvalue weighted by atomic mass is 32.2. The highest BCUT2D eigenvalue weighted by Crippen LogP contribution is 2.35. The highest BCUT2D eigenvalue weighted by Gasteiger charge is 2.23. The van der Waals surface area contributed by atoms with Crippen molar-refractivity contribution < 1.29 is 4.74 Å². The van der Waals surface area contributed by atoms with Gasteiger partial charge in [-0.3, -0.25) is 0 Å². The van der Waals surface area contributed by atoms with E-state index in [1.165, 1.54) is 16.4 Å². The zero-order chi connectivity index (χ0) is 20.5. The van der Waals surface area contributed by atoms with Crippen LogP contribution in [0.15, 0.2) is 35.4 Å². The van der Waals surface area contributed by atoms with Crippen LogP contribution in [0.1, 0.15) is 26.5 Å². The van der Waals surface area contributed by atoms with E-state index in [1.807, 2.05) is 36.6 Å². The molecule has 3 rings (SSSR count). The first-order chi connectivity index (χ1) is 13.3. The third kappa shape index (κ3) is 3.66. The van der Waals surface area contributed by atoms with Crippen molar-refractivity contribution >= 4 is 23.3 Å². The second-order valence-corrected chi connectivity index (χ2v) is 7.98. The Bertz CT molecular complexity index is 1040. The molecule has 28 heavy (non-hydrogen) atoms. The minimum Gasteiger partial charge on any atom is -0.497 e. The molecule has 0 saturated heterocycles.